The highest BCUT2D eigenvalue weighted by atomic mass is 16.5. The Kier molecular flexibility index (Phi) is 4.63. The number of benzene rings is 1. The average Bonchev–Trinajstić information content (AvgIpc) is 2.28. The zero-order valence-corrected chi connectivity index (χ0v) is 10.5. The monoisotopic (exact) mass is 237 g/mol. The summed E-state index contributed by atoms with van der Waals surface area (Å²) < 4.78 is 5.38. The molecule has 5 heteroatoms. The Bertz CT molecular complexity index is 391. The van der Waals surface area contributed by atoms with Crippen LogP contribution in [0, 0.1) is 0 Å². The second-order valence-electron chi connectivity index (χ2n) is 3.86. The van der Waals surface area contributed by atoms with E-state index < -0.39 is 0 Å². The molecule has 94 valence electrons. The highest BCUT2D eigenvalue weighted by molar-refractivity contribution is 5.77. The van der Waals surface area contributed by atoms with Crippen molar-refractivity contribution in [2.45, 2.75) is 6.92 Å². The number of likely N-dealkylation sites (N-methyl/N-ethyl adjacent to an activating group) is 1. The zero-order chi connectivity index (χ0) is 12.8. The molecule has 0 radical (unpaired) electrons. The molecule has 0 aliphatic carbocycles. The van der Waals surface area contributed by atoms with Crippen LogP contribution < -0.4 is 20.7 Å². The average molecular weight is 237 g/mol. The summed E-state index contributed by atoms with van der Waals surface area (Å²) in [5, 5.41) is 2.66. The number of ether oxygens (including phenoxy) is 1. The first-order valence-electron chi connectivity index (χ1n) is 5.51. The van der Waals surface area contributed by atoms with E-state index in [4.69, 9.17) is 10.5 Å². The molecule has 0 saturated heterocycles. The number of amides is 1. The molecule has 0 heterocycles. The van der Waals surface area contributed by atoms with Crippen molar-refractivity contribution in [2.75, 3.05) is 37.9 Å². The largest absolute Gasteiger partial charge is 0.482 e. The highest BCUT2D eigenvalue weighted by Crippen LogP contribution is 2.26. The van der Waals surface area contributed by atoms with Crippen molar-refractivity contribution in [2.24, 2.45) is 0 Å². The quantitative estimate of drug-likeness (QED) is 0.745. The molecule has 1 aromatic rings. The molecule has 0 bridgehead atoms. The zero-order valence-electron chi connectivity index (χ0n) is 10.5. The van der Waals surface area contributed by atoms with Gasteiger partial charge in [0.2, 0.25) is 0 Å². The third kappa shape index (κ3) is 3.86. The smallest absolute Gasteiger partial charge is 0.257 e. The minimum Gasteiger partial charge on any atom is -0.482 e. The maximum Gasteiger partial charge on any atom is 0.257 e. The van der Waals surface area contributed by atoms with E-state index in [1.165, 1.54) is 0 Å². The molecule has 0 spiro atoms. The van der Waals surface area contributed by atoms with E-state index in [0.717, 1.165) is 5.69 Å². The molecule has 1 aromatic carbocycles. The van der Waals surface area contributed by atoms with Gasteiger partial charge in [-0.15, -0.1) is 0 Å². The standard InChI is InChI=1S/C12H19N3O2/c1-4-14-12(16)8-17-11-7-9(15(2)3)5-6-10(11)13/h5-7H,4,8,13H2,1-3H3,(H,14,16). The Hall–Kier alpha value is -1.91. The molecule has 1 amide bonds. The van der Waals surface area contributed by atoms with Crippen LogP contribution in [-0.2, 0) is 4.79 Å². The maximum absolute atomic E-state index is 11.3. The molecular weight excluding hydrogens is 218 g/mol. The normalized spacial score (nSPS) is 9.82. The Labute approximate surface area is 102 Å². The molecule has 0 atom stereocenters. The number of carbonyl (C=O) groups excluding carboxylic acids is 1. The second kappa shape index (κ2) is 5.98. The van der Waals surface area contributed by atoms with Crippen molar-refractivity contribution < 1.29 is 9.53 Å². The van der Waals surface area contributed by atoms with Crippen molar-refractivity contribution in [1.82, 2.24) is 5.32 Å². The topological polar surface area (TPSA) is 67.6 Å². The number of carbonyl (C=O) groups is 1. The lowest BCUT2D eigenvalue weighted by molar-refractivity contribution is -0.122. The maximum atomic E-state index is 11.3. The first-order chi connectivity index (χ1) is 8.04. The molecule has 3 N–H and O–H groups in total. The van der Waals surface area contributed by atoms with E-state index >= 15 is 0 Å². The summed E-state index contributed by atoms with van der Waals surface area (Å²) in [6, 6.07) is 5.48. The lowest BCUT2D eigenvalue weighted by Crippen LogP contribution is -2.28. The predicted molar refractivity (Wildman–Crippen MR) is 69.4 cm³/mol. The summed E-state index contributed by atoms with van der Waals surface area (Å²) in [5.41, 5.74) is 7.28. The van der Waals surface area contributed by atoms with Gasteiger partial charge in [-0.1, -0.05) is 0 Å². The number of nitrogens with zero attached hydrogens (tertiary/aromatic N) is 1. The number of anilines is 2. The summed E-state index contributed by atoms with van der Waals surface area (Å²) in [6.45, 7) is 2.43. The summed E-state index contributed by atoms with van der Waals surface area (Å²) in [4.78, 5) is 13.2. The van der Waals surface area contributed by atoms with Gasteiger partial charge in [0, 0.05) is 32.4 Å². The summed E-state index contributed by atoms with van der Waals surface area (Å²) >= 11 is 0. The lowest BCUT2D eigenvalue weighted by atomic mass is 10.2. The van der Waals surface area contributed by atoms with Crippen molar-refractivity contribution in [3.8, 4) is 5.75 Å². The molecule has 0 aromatic heterocycles. The molecule has 0 saturated carbocycles. The third-order valence-corrected chi connectivity index (χ3v) is 2.25. The molecule has 0 fully saturated rings. The van der Waals surface area contributed by atoms with Crippen molar-refractivity contribution in [3.05, 3.63) is 18.2 Å². The van der Waals surface area contributed by atoms with Crippen molar-refractivity contribution in [1.29, 1.82) is 0 Å². The Morgan fingerprint density at radius 3 is 2.76 bits per heavy atom. The highest BCUT2D eigenvalue weighted by Gasteiger charge is 2.06. The second-order valence-corrected chi connectivity index (χ2v) is 3.86. The summed E-state index contributed by atoms with van der Waals surface area (Å²) in [6.07, 6.45) is 0. The molecule has 1 rings (SSSR count). The molecule has 17 heavy (non-hydrogen) atoms. The van der Waals surface area contributed by atoms with Gasteiger partial charge in [0.05, 0.1) is 5.69 Å². The fourth-order valence-electron chi connectivity index (χ4n) is 1.32. The number of nitrogens with two attached hydrogens (primary N) is 1. The van der Waals surface area contributed by atoms with Crippen LogP contribution in [0.3, 0.4) is 0 Å². The van der Waals surface area contributed by atoms with Gasteiger partial charge in [-0.25, -0.2) is 0 Å². The van der Waals surface area contributed by atoms with Crippen LogP contribution in [0.4, 0.5) is 11.4 Å². The summed E-state index contributed by atoms with van der Waals surface area (Å²) in [7, 11) is 3.86. The molecular formula is C12H19N3O2. The van der Waals surface area contributed by atoms with E-state index in [2.05, 4.69) is 5.32 Å². The van der Waals surface area contributed by atoms with Gasteiger partial charge < -0.3 is 20.7 Å². The number of rotatable bonds is 5. The Balaban J connectivity index is 2.69. The van der Waals surface area contributed by atoms with Gasteiger partial charge in [-0.2, -0.15) is 0 Å². The van der Waals surface area contributed by atoms with Crippen molar-refractivity contribution >= 4 is 17.3 Å². The van der Waals surface area contributed by atoms with E-state index in [0.29, 0.717) is 18.0 Å². The summed E-state index contributed by atoms with van der Waals surface area (Å²) in [5.74, 6) is 0.379. The minimum absolute atomic E-state index is 0.0189. The van der Waals surface area contributed by atoms with Gasteiger partial charge in [-0.05, 0) is 19.1 Å². The number of nitrogens with one attached hydrogen (secondary N) is 1. The molecule has 0 unspecified atom stereocenters. The number of hydrogen-bond acceptors (Lipinski definition) is 4. The van der Waals surface area contributed by atoms with Crippen LogP contribution in [-0.4, -0.2) is 33.2 Å². The molecule has 0 aliphatic rings. The van der Waals surface area contributed by atoms with Crippen LogP contribution in [0.15, 0.2) is 18.2 Å². The molecule has 5 nitrogen and oxygen atoms in total. The number of nitrogen functional groups attached to an aromatic ring is 1. The number of hydrogen-bond donors (Lipinski definition) is 2. The van der Waals surface area contributed by atoms with Gasteiger partial charge in [0.25, 0.3) is 5.91 Å². The van der Waals surface area contributed by atoms with Crippen LogP contribution in [0.25, 0.3) is 0 Å². The van der Waals surface area contributed by atoms with Crippen LogP contribution in [0.1, 0.15) is 6.92 Å². The fraction of sp³-hybridized carbons (Fsp3) is 0.417. The van der Waals surface area contributed by atoms with Gasteiger partial charge in [0.15, 0.2) is 6.61 Å². The van der Waals surface area contributed by atoms with E-state index in [1.54, 1.807) is 6.07 Å². The Morgan fingerprint density at radius 1 is 1.47 bits per heavy atom. The van der Waals surface area contributed by atoms with Gasteiger partial charge >= 0.3 is 0 Å². The van der Waals surface area contributed by atoms with Crippen LogP contribution in [0.2, 0.25) is 0 Å². The lowest BCUT2D eigenvalue weighted by Gasteiger charge is -2.15. The minimum atomic E-state index is -0.151. The van der Waals surface area contributed by atoms with Gasteiger partial charge in [-0.3, -0.25) is 4.79 Å². The van der Waals surface area contributed by atoms with Crippen molar-refractivity contribution in [3.63, 3.8) is 0 Å². The van der Waals surface area contributed by atoms with E-state index in [1.807, 2.05) is 38.1 Å². The predicted octanol–water partition coefficient (Wildman–Crippen LogP) is 0.850. The van der Waals surface area contributed by atoms with E-state index in [9.17, 15) is 4.79 Å². The van der Waals surface area contributed by atoms with Crippen LogP contribution in [0.5, 0.6) is 5.75 Å². The third-order valence-electron chi connectivity index (χ3n) is 2.25. The Morgan fingerprint density at radius 2 is 2.18 bits per heavy atom. The first kappa shape index (κ1) is 13.2. The molecule has 0 aliphatic heterocycles. The van der Waals surface area contributed by atoms with Crippen LogP contribution >= 0.6 is 0 Å². The van der Waals surface area contributed by atoms with Gasteiger partial charge in [0.1, 0.15) is 5.75 Å². The van der Waals surface area contributed by atoms with E-state index in [-0.39, 0.29) is 12.5 Å². The SMILES string of the molecule is CCNC(=O)COc1cc(N(C)C)ccc1N. The first-order valence-corrected chi connectivity index (χ1v) is 5.51. The fourth-order valence-corrected chi connectivity index (χ4v) is 1.32.